The number of aromatic nitrogens is 2. The van der Waals surface area contributed by atoms with E-state index < -0.39 is 15.8 Å². The molecule has 0 unspecified atom stereocenters. The normalized spacial score (nSPS) is 11.1. The number of anilines is 1. The molecule has 1 aromatic heterocycles. The molecule has 0 atom stereocenters. The lowest BCUT2D eigenvalue weighted by Gasteiger charge is -2.07. The molecule has 0 fully saturated rings. The van der Waals surface area contributed by atoms with E-state index in [1.807, 2.05) is 18.4 Å². The molecule has 0 aliphatic rings. The lowest BCUT2D eigenvalue weighted by Crippen LogP contribution is -2.15. The molecule has 1 N–H and O–H groups in total. The molecule has 29 heavy (non-hydrogen) atoms. The molecule has 148 valence electrons. The third kappa shape index (κ3) is 5.27. The van der Waals surface area contributed by atoms with Crippen molar-refractivity contribution in [3.63, 3.8) is 0 Å². The van der Waals surface area contributed by atoms with Crippen LogP contribution in [0.3, 0.4) is 0 Å². The summed E-state index contributed by atoms with van der Waals surface area (Å²) >= 11 is 1.56. The molecule has 0 bridgehead atoms. The summed E-state index contributed by atoms with van der Waals surface area (Å²) in [6.07, 6.45) is 4.01. The van der Waals surface area contributed by atoms with Crippen LogP contribution in [-0.2, 0) is 10.0 Å². The van der Waals surface area contributed by atoms with E-state index in [9.17, 15) is 18.0 Å². The molecule has 0 saturated carbocycles. The number of rotatable bonds is 8. The number of benzene rings is 2. The quantitative estimate of drug-likeness (QED) is 0.333. The van der Waals surface area contributed by atoms with Gasteiger partial charge >= 0.3 is 0 Å². The molecule has 1 heterocycles. The summed E-state index contributed by atoms with van der Waals surface area (Å²) in [5, 5.41) is 0. The average molecular weight is 428 g/mol. The van der Waals surface area contributed by atoms with Gasteiger partial charge in [0, 0.05) is 22.9 Å². The van der Waals surface area contributed by atoms with Crippen LogP contribution in [0.15, 0.2) is 76.8 Å². The summed E-state index contributed by atoms with van der Waals surface area (Å²) in [5.41, 5.74) is 0.575. The highest BCUT2D eigenvalue weighted by atomic mass is 32.2. The molecule has 9 heteroatoms. The first-order valence-corrected chi connectivity index (χ1v) is 11.2. The van der Waals surface area contributed by atoms with Crippen molar-refractivity contribution >= 4 is 39.3 Å². The van der Waals surface area contributed by atoms with E-state index in [-0.39, 0.29) is 28.6 Å². The van der Waals surface area contributed by atoms with E-state index in [0.29, 0.717) is 5.56 Å². The minimum Gasteiger partial charge on any atom is -0.294 e. The Balaban J connectivity index is 1.66. The maximum atomic E-state index is 12.3. The second kappa shape index (κ2) is 8.97. The Labute approximate surface area is 172 Å². The third-order valence-electron chi connectivity index (χ3n) is 3.99. The van der Waals surface area contributed by atoms with Gasteiger partial charge in [-0.05, 0) is 30.5 Å². The maximum Gasteiger partial charge on any atom is 0.264 e. The van der Waals surface area contributed by atoms with Gasteiger partial charge in [-0.2, -0.15) is 0 Å². The zero-order chi connectivity index (χ0) is 20.9. The number of carbonyl (C=O) groups is 2. The van der Waals surface area contributed by atoms with Crippen LogP contribution < -0.4 is 4.72 Å². The van der Waals surface area contributed by atoms with Gasteiger partial charge in [-0.1, -0.05) is 30.3 Å². The predicted molar refractivity (Wildman–Crippen MR) is 111 cm³/mol. The van der Waals surface area contributed by atoms with E-state index in [1.54, 1.807) is 42.1 Å². The maximum absolute atomic E-state index is 12.3. The Kier molecular flexibility index (Phi) is 6.40. The number of Topliss-reactive ketones (excluding diaryl/α,β-unsaturated/α-hetero) is 2. The van der Waals surface area contributed by atoms with Crippen molar-refractivity contribution < 1.29 is 18.0 Å². The van der Waals surface area contributed by atoms with Crippen molar-refractivity contribution in [3.8, 4) is 0 Å². The highest BCUT2D eigenvalue weighted by Crippen LogP contribution is 2.17. The monoisotopic (exact) mass is 427 g/mol. The minimum absolute atomic E-state index is 0.0711. The molecule has 0 aliphatic heterocycles. The van der Waals surface area contributed by atoms with Gasteiger partial charge in [-0.15, -0.1) is 11.8 Å². The molecule has 7 nitrogen and oxygen atoms in total. The highest BCUT2D eigenvalue weighted by Gasteiger charge is 2.17. The molecular weight excluding hydrogens is 410 g/mol. The topological polar surface area (TPSA) is 106 Å². The van der Waals surface area contributed by atoms with Crippen LogP contribution in [0.1, 0.15) is 27.1 Å². The predicted octanol–water partition coefficient (Wildman–Crippen LogP) is 3.46. The Morgan fingerprint density at radius 2 is 1.48 bits per heavy atom. The fraction of sp³-hybridized carbons (Fsp3) is 0.100. The lowest BCUT2D eigenvalue weighted by molar-refractivity contribution is 0.0894. The number of nitrogens with zero attached hydrogens (tertiary/aromatic N) is 2. The molecule has 0 amide bonds. The smallest absolute Gasteiger partial charge is 0.264 e. The number of sulfonamides is 1. The number of thioether (sulfide) groups is 1. The van der Waals surface area contributed by atoms with E-state index >= 15 is 0 Å². The van der Waals surface area contributed by atoms with Gasteiger partial charge in [0.05, 0.1) is 16.9 Å². The molecule has 2 aromatic carbocycles. The molecule has 0 saturated heterocycles. The highest BCUT2D eigenvalue weighted by molar-refractivity contribution is 7.98. The molecular formula is C20H17N3O4S2. The number of nitrogens with one attached hydrogen (secondary N) is 1. The van der Waals surface area contributed by atoms with Gasteiger partial charge in [0.25, 0.3) is 10.0 Å². The van der Waals surface area contributed by atoms with Crippen LogP contribution >= 0.6 is 11.8 Å². The van der Waals surface area contributed by atoms with E-state index in [4.69, 9.17) is 0 Å². The van der Waals surface area contributed by atoms with Crippen molar-refractivity contribution in [2.75, 3.05) is 11.0 Å². The summed E-state index contributed by atoms with van der Waals surface area (Å²) in [6, 6.07) is 14.8. The Morgan fingerprint density at radius 3 is 2.07 bits per heavy atom. The van der Waals surface area contributed by atoms with Crippen molar-refractivity contribution in [3.05, 3.63) is 78.1 Å². The van der Waals surface area contributed by atoms with Crippen molar-refractivity contribution in [2.24, 2.45) is 0 Å². The van der Waals surface area contributed by atoms with Crippen molar-refractivity contribution in [1.29, 1.82) is 0 Å². The van der Waals surface area contributed by atoms with Crippen LogP contribution in [0, 0.1) is 0 Å². The first-order chi connectivity index (χ1) is 13.9. The summed E-state index contributed by atoms with van der Waals surface area (Å²) in [4.78, 5) is 33.5. The molecule has 3 aromatic rings. The molecule has 0 spiro atoms. The van der Waals surface area contributed by atoms with Gasteiger partial charge in [0.1, 0.15) is 0 Å². The van der Waals surface area contributed by atoms with E-state index in [2.05, 4.69) is 14.7 Å². The third-order valence-corrected chi connectivity index (χ3v) is 6.07. The largest absolute Gasteiger partial charge is 0.294 e. The van der Waals surface area contributed by atoms with Crippen LogP contribution in [0.4, 0.5) is 5.95 Å². The fourth-order valence-corrected chi connectivity index (χ4v) is 3.82. The Bertz CT molecular complexity index is 1110. The average Bonchev–Trinajstić information content (AvgIpc) is 2.74. The zero-order valence-electron chi connectivity index (χ0n) is 15.4. The number of ketones is 2. The summed E-state index contributed by atoms with van der Waals surface area (Å²) in [6.45, 7) is 0. The van der Waals surface area contributed by atoms with Crippen molar-refractivity contribution in [1.82, 2.24) is 9.97 Å². The van der Waals surface area contributed by atoms with Crippen LogP contribution in [0.2, 0.25) is 0 Å². The van der Waals surface area contributed by atoms with Crippen LogP contribution in [-0.4, -0.2) is 36.2 Å². The lowest BCUT2D eigenvalue weighted by atomic mass is 10.0. The SMILES string of the molecule is CSc1ccc(C(=O)CC(=O)c2cnc(NS(=O)(=O)c3ccccc3)nc2)cc1. The van der Waals surface area contributed by atoms with Crippen molar-refractivity contribution in [2.45, 2.75) is 16.2 Å². The van der Waals surface area contributed by atoms with Gasteiger partial charge in [-0.25, -0.2) is 23.1 Å². The Morgan fingerprint density at radius 1 is 0.897 bits per heavy atom. The zero-order valence-corrected chi connectivity index (χ0v) is 17.0. The summed E-state index contributed by atoms with van der Waals surface area (Å²) < 4.78 is 26.8. The summed E-state index contributed by atoms with van der Waals surface area (Å²) in [5.74, 6) is -0.915. The molecule has 3 rings (SSSR count). The van der Waals surface area contributed by atoms with E-state index in [1.165, 1.54) is 24.5 Å². The summed E-state index contributed by atoms with van der Waals surface area (Å²) in [7, 11) is -3.82. The first-order valence-electron chi connectivity index (χ1n) is 8.49. The van der Waals surface area contributed by atoms with Crippen LogP contribution in [0.5, 0.6) is 0 Å². The first kappa shape index (κ1) is 20.7. The van der Waals surface area contributed by atoms with Gasteiger partial charge in [0.2, 0.25) is 5.95 Å². The molecule has 0 radical (unpaired) electrons. The Hall–Kier alpha value is -3.04. The number of hydrogen-bond donors (Lipinski definition) is 1. The van der Waals surface area contributed by atoms with Gasteiger partial charge < -0.3 is 0 Å². The second-order valence-corrected chi connectivity index (χ2v) is 8.53. The molecule has 0 aliphatic carbocycles. The fourth-order valence-electron chi connectivity index (χ4n) is 2.43. The van der Waals surface area contributed by atoms with Gasteiger partial charge in [0.15, 0.2) is 11.6 Å². The second-order valence-electron chi connectivity index (χ2n) is 5.97. The van der Waals surface area contributed by atoms with Gasteiger partial charge in [-0.3, -0.25) is 9.59 Å². The van der Waals surface area contributed by atoms with Crippen LogP contribution in [0.25, 0.3) is 0 Å². The number of carbonyl (C=O) groups excluding carboxylic acids is 2. The standard InChI is InChI=1S/C20H17N3O4S2/c1-28-16-9-7-14(8-10-16)18(24)11-19(25)15-12-21-20(22-13-15)23-29(26,27)17-5-3-2-4-6-17/h2-10,12-13H,11H2,1H3,(H,21,22,23). The number of hydrogen-bond acceptors (Lipinski definition) is 7. The van der Waals surface area contributed by atoms with E-state index in [0.717, 1.165) is 4.90 Å². The minimum atomic E-state index is -3.82.